The molecule has 10 heteroatoms. The zero-order chi connectivity index (χ0) is 22.1. The quantitative estimate of drug-likeness (QED) is 0.436. The van der Waals surface area contributed by atoms with Gasteiger partial charge < -0.3 is 10.2 Å². The lowest BCUT2D eigenvalue weighted by molar-refractivity contribution is -0.384. The monoisotopic (exact) mass is 435 g/mol. The predicted molar refractivity (Wildman–Crippen MR) is 111 cm³/mol. The van der Waals surface area contributed by atoms with Gasteiger partial charge in [0.2, 0.25) is 0 Å². The van der Waals surface area contributed by atoms with E-state index in [9.17, 15) is 27.7 Å². The number of rotatable bonds is 5. The van der Waals surface area contributed by atoms with E-state index in [1.807, 2.05) is 4.90 Å². The van der Waals surface area contributed by atoms with Crippen molar-refractivity contribution in [2.24, 2.45) is 5.92 Å². The molecule has 0 radical (unpaired) electrons. The predicted octanol–water partition coefficient (Wildman–Crippen LogP) is 3.63. The van der Waals surface area contributed by atoms with Crippen LogP contribution >= 0.6 is 0 Å². The molecule has 8 nitrogen and oxygen atoms in total. The van der Waals surface area contributed by atoms with Crippen molar-refractivity contribution in [2.75, 3.05) is 29.6 Å². The molecule has 0 spiro atoms. The van der Waals surface area contributed by atoms with Gasteiger partial charge in [0.1, 0.15) is 11.5 Å². The first-order chi connectivity index (χ1) is 14.1. The molecule has 3 rings (SSSR count). The van der Waals surface area contributed by atoms with Gasteiger partial charge in [0.25, 0.3) is 11.6 Å². The van der Waals surface area contributed by atoms with Gasteiger partial charge in [-0.3, -0.25) is 14.9 Å². The van der Waals surface area contributed by atoms with Gasteiger partial charge in [-0.05, 0) is 49.1 Å². The minimum Gasteiger partial charge on any atom is -0.366 e. The van der Waals surface area contributed by atoms with E-state index >= 15 is 0 Å². The van der Waals surface area contributed by atoms with Gasteiger partial charge >= 0.3 is 0 Å². The fraction of sp³-hybridized carbons (Fsp3) is 0.350. The van der Waals surface area contributed by atoms with Gasteiger partial charge in [0.15, 0.2) is 9.84 Å². The van der Waals surface area contributed by atoms with Crippen molar-refractivity contribution in [3.8, 4) is 0 Å². The molecule has 160 valence electrons. The highest BCUT2D eigenvalue weighted by molar-refractivity contribution is 7.90. The summed E-state index contributed by atoms with van der Waals surface area (Å²) in [5.74, 6) is -1.03. The third kappa shape index (κ3) is 4.76. The maximum absolute atomic E-state index is 14.1. The summed E-state index contributed by atoms with van der Waals surface area (Å²) in [6.45, 7) is 3.52. The Hall–Kier alpha value is -3.01. The highest BCUT2D eigenvalue weighted by atomic mass is 32.2. The second kappa shape index (κ2) is 8.39. The van der Waals surface area contributed by atoms with Gasteiger partial charge in [-0.15, -0.1) is 0 Å². The van der Waals surface area contributed by atoms with Crippen LogP contribution in [0.4, 0.5) is 21.5 Å². The highest BCUT2D eigenvalue weighted by Gasteiger charge is 2.25. The summed E-state index contributed by atoms with van der Waals surface area (Å²) in [6.07, 6.45) is 2.82. The number of sulfone groups is 1. The number of halogens is 1. The maximum Gasteiger partial charge on any atom is 0.293 e. The van der Waals surface area contributed by atoms with E-state index in [-0.39, 0.29) is 21.8 Å². The zero-order valence-electron chi connectivity index (χ0n) is 16.6. The minimum absolute atomic E-state index is 0.0278. The van der Waals surface area contributed by atoms with Crippen molar-refractivity contribution in [1.82, 2.24) is 0 Å². The molecule has 1 N–H and O–H groups in total. The molecule has 0 aromatic heterocycles. The standard InChI is InChI=1S/C20H22FN3O5S/c1-13-7-9-23(10-8-13)18-6-3-14(11-19(18)24(26)27)20(25)22-17-12-15(30(2,28)29)4-5-16(17)21/h3-6,11-13H,7-10H2,1-2H3,(H,22,25). The van der Waals surface area contributed by atoms with E-state index in [0.717, 1.165) is 43.4 Å². The van der Waals surface area contributed by atoms with E-state index in [2.05, 4.69) is 12.2 Å². The minimum atomic E-state index is -3.60. The number of amides is 1. The third-order valence-corrected chi connectivity index (χ3v) is 6.28. The Balaban J connectivity index is 1.88. The van der Waals surface area contributed by atoms with Crippen molar-refractivity contribution in [3.63, 3.8) is 0 Å². The van der Waals surface area contributed by atoms with Crippen molar-refractivity contribution in [1.29, 1.82) is 0 Å². The van der Waals surface area contributed by atoms with Crippen LogP contribution in [0.3, 0.4) is 0 Å². The smallest absolute Gasteiger partial charge is 0.293 e. The average molecular weight is 435 g/mol. The first-order valence-corrected chi connectivity index (χ1v) is 11.3. The largest absolute Gasteiger partial charge is 0.366 e. The normalized spacial score (nSPS) is 15.1. The number of nitrogens with zero attached hydrogens (tertiary/aromatic N) is 2. The van der Waals surface area contributed by atoms with Crippen LogP contribution < -0.4 is 10.2 Å². The lowest BCUT2D eigenvalue weighted by Gasteiger charge is -2.31. The first kappa shape index (κ1) is 21.7. The Morgan fingerprint density at radius 2 is 1.87 bits per heavy atom. The van der Waals surface area contributed by atoms with E-state index in [1.165, 1.54) is 12.1 Å². The summed E-state index contributed by atoms with van der Waals surface area (Å²) in [4.78, 5) is 25.4. The van der Waals surface area contributed by atoms with Gasteiger partial charge in [0.05, 0.1) is 15.5 Å². The average Bonchev–Trinajstić information content (AvgIpc) is 2.69. The molecule has 2 aromatic rings. The van der Waals surface area contributed by atoms with Crippen molar-refractivity contribution in [3.05, 3.63) is 57.9 Å². The SMILES string of the molecule is CC1CCN(c2ccc(C(=O)Nc3cc(S(C)(=O)=O)ccc3F)cc2[N+](=O)[O-])CC1. The molecule has 0 bridgehead atoms. The van der Waals surface area contributed by atoms with Crippen LogP contribution in [0.2, 0.25) is 0 Å². The lowest BCUT2D eigenvalue weighted by Crippen LogP contribution is -2.33. The van der Waals surface area contributed by atoms with Gasteiger partial charge in [-0.2, -0.15) is 0 Å². The van der Waals surface area contributed by atoms with Crippen LogP contribution in [0.5, 0.6) is 0 Å². The molecule has 1 heterocycles. The molecule has 30 heavy (non-hydrogen) atoms. The molecule has 1 aliphatic heterocycles. The van der Waals surface area contributed by atoms with E-state index in [0.29, 0.717) is 24.7 Å². The molecule has 0 atom stereocenters. The Kier molecular flexibility index (Phi) is 6.06. The number of nitro groups is 1. The molecular formula is C20H22FN3O5S. The number of carbonyl (C=O) groups is 1. The van der Waals surface area contributed by atoms with Crippen LogP contribution in [-0.2, 0) is 9.84 Å². The number of nitro benzene ring substituents is 1. The molecule has 1 fully saturated rings. The molecule has 1 amide bonds. The van der Waals surface area contributed by atoms with Crippen LogP contribution in [0.25, 0.3) is 0 Å². The van der Waals surface area contributed by atoms with Crippen LogP contribution in [0, 0.1) is 21.8 Å². The molecule has 2 aromatic carbocycles. The van der Waals surface area contributed by atoms with E-state index in [1.54, 1.807) is 0 Å². The van der Waals surface area contributed by atoms with Gasteiger partial charge in [0, 0.05) is 31.0 Å². The Labute approximate surface area is 173 Å². The Morgan fingerprint density at radius 3 is 2.47 bits per heavy atom. The second-order valence-corrected chi connectivity index (χ2v) is 9.51. The van der Waals surface area contributed by atoms with Crippen LogP contribution in [-0.4, -0.2) is 38.6 Å². The van der Waals surface area contributed by atoms with Gasteiger partial charge in [-0.25, -0.2) is 12.8 Å². The molecule has 0 saturated carbocycles. The molecule has 0 unspecified atom stereocenters. The number of benzene rings is 2. The number of anilines is 2. The first-order valence-electron chi connectivity index (χ1n) is 9.40. The summed E-state index contributed by atoms with van der Waals surface area (Å²) >= 11 is 0. The maximum atomic E-state index is 14.1. The summed E-state index contributed by atoms with van der Waals surface area (Å²) in [7, 11) is -3.60. The lowest BCUT2D eigenvalue weighted by atomic mass is 9.98. The highest BCUT2D eigenvalue weighted by Crippen LogP contribution is 2.32. The topological polar surface area (TPSA) is 110 Å². The summed E-state index contributed by atoms with van der Waals surface area (Å²) in [6, 6.07) is 7.16. The summed E-state index contributed by atoms with van der Waals surface area (Å²) in [5.41, 5.74) is -0.115. The fourth-order valence-corrected chi connectivity index (χ4v) is 4.00. The number of carbonyl (C=O) groups excluding carboxylic acids is 1. The Bertz CT molecular complexity index is 1100. The molecule has 1 aliphatic rings. The number of hydrogen-bond donors (Lipinski definition) is 1. The number of piperidine rings is 1. The van der Waals surface area contributed by atoms with E-state index < -0.39 is 26.5 Å². The van der Waals surface area contributed by atoms with Crippen molar-refractivity contribution in [2.45, 2.75) is 24.7 Å². The van der Waals surface area contributed by atoms with Crippen molar-refractivity contribution < 1.29 is 22.5 Å². The summed E-state index contributed by atoms with van der Waals surface area (Å²) < 4.78 is 37.4. The van der Waals surface area contributed by atoms with Crippen molar-refractivity contribution >= 4 is 32.8 Å². The number of nitrogens with one attached hydrogen (secondary N) is 1. The molecule has 0 aliphatic carbocycles. The van der Waals surface area contributed by atoms with Gasteiger partial charge in [-0.1, -0.05) is 6.92 Å². The molecular weight excluding hydrogens is 413 g/mol. The van der Waals surface area contributed by atoms with Crippen LogP contribution in [0.15, 0.2) is 41.3 Å². The fourth-order valence-electron chi connectivity index (χ4n) is 3.35. The molecule has 1 saturated heterocycles. The Morgan fingerprint density at radius 1 is 1.20 bits per heavy atom. The second-order valence-electron chi connectivity index (χ2n) is 7.50. The number of hydrogen-bond acceptors (Lipinski definition) is 6. The summed E-state index contributed by atoms with van der Waals surface area (Å²) in [5, 5.41) is 13.9. The zero-order valence-corrected chi connectivity index (χ0v) is 17.4. The van der Waals surface area contributed by atoms with Crippen LogP contribution in [0.1, 0.15) is 30.1 Å². The van der Waals surface area contributed by atoms with E-state index in [4.69, 9.17) is 0 Å². The third-order valence-electron chi connectivity index (χ3n) is 5.17.